The van der Waals surface area contributed by atoms with Crippen LogP contribution in [-0.2, 0) is 6.42 Å². The number of carbonyl (C=O) groups is 1. The van der Waals surface area contributed by atoms with E-state index in [2.05, 4.69) is 37.7 Å². The molecule has 0 saturated heterocycles. The lowest BCUT2D eigenvalue weighted by molar-refractivity contribution is 0.102. The van der Waals surface area contributed by atoms with Gasteiger partial charge in [-0.1, -0.05) is 25.2 Å². The summed E-state index contributed by atoms with van der Waals surface area (Å²) in [6, 6.07) is 0. The molecule has 2 N–H and O–H groups in total. The fraction of sp³-hybridized carbons (Fsp3) is 0.417. The predicted molar refractivity (Wildman–Crippen MR) is 78.1 cm³/mol. The summed E-state index contributed by atoms with van der Waals surface area (Å²) in [5.41, 5.74) is 0.250. The number of nitrogens with zero attached hydrogens (tertiary/aromatic N) is 4. The van der Waals surface area contributed by atoms with Crippen LogP contribution in [0.5, 0.6) is 0 Å². The van der Waals surface area contributed by atoms with Gasteiger partial charge in [-0.15, -0.1) is 10.2 Å². The van der Waals surface area contributed by atoms with E-state index in [1.165, 1.54) is 17.5 Å². The molecule has 2 aromatic heterocycles. The molecule has 2 heterocycles. The summed E-state index contributed by atoms with van der Waals surface area (Å²) >= 11 is 1.36. The van der Waals surface area contributed by atoms with Crippen LogP contribution in [0.2, 0.25) is 0 Å². The Hall–Kier alpha value is -2.09. The smallest absolute Gasteiger partial charge is 0.277 e. The third-order valence-corrected chi connectivity index (χ3v) is 3.41. The molecule has 0 atom stereocenters. The second kappa shape index (κ2) is 6.90. The molecule has 0 aromatic carbocycles. The number of anilines is 2. The van der Waals surface area contributed by atoms with Crippen molar-refractivity contribution in [1.82, 2.24) is 20.2 Å². The summed E-state index contributed by atoms with van der Waals surface area (Å²) in [6.45, 7) is 4.87. The summed E-state index contributed by atoms with van der Waals surface area (Å²) in [4.78, 5) is 20.1. The summed E-state index contributed by atoms with van der Waals surface area (Å²) in [5, 5.41) is 14.9. The Morgan fingerprint density at radius 2 is 2.10 bits per heavy atom. The highest BCUT2D eigenvalue weighted by Crippen LogP contribution is 2.16. The van der Waals surface area contributed by atoms with Crippen LogP contribution in [0.1, 0.15) is 35.8 Å². The number of hydrogen-bond donors (Lipinski definition) is 2. The van der Waals surface area contributed by atoms with Crippen LogP contribution in [0, 0.1) is 0 Å². The monoisotopic (exact) mass is 292 g/mol. The highest BCUT2D eigenvalue weighted by molar-refractivity contribution is 7.15. The van der Waals surface area contributed by atoms with E-state index in [1.54, 1.807) is 6.20 Å². The Morgan fingerprint density at radius 3 is 2.70 bits per heavy atom. The van der Waals surface area contributed by atoms with Crippen molar-refractivity contribution in [3.63, 3.8) is 0 Å². The zero-order valence-corrected chi connectivity index (χ0v) is 12.2. The lowest BCUT2D eigenvalue weighted by atomic mass is 10.4. The molecule has 0 fully saturated rings. The van der Waals surface area contributed by atoms with Crippen LogP contribution in [0.4, 0.5) is 10.9 Å². The van der Waals surface area contributed by atoms with Gasteiger partial charge in [-0.25, -0.2) is 9.97 Å². The van der Waals surface area contributed by atoms with Crippen molar-refractivity contribution in [3.8, 4) is 0 Å². The lowest BCUT2D eigenvalue weighted by Crippen LogP contribution is -2.14. The Bertz CT molecular complexity index is 568. The van der Waals surface area contributed by atoms with Gasteiger partial charge in [0.25, 0.3) is 5.91 Å². The topological polar surface area (TPSA) is 92.7 Å². The second-order valence-corrected chi connectivity index (χ2v) is 5.08. The minimum Gasteiger partial charge on any atom is -0.369 e. The number of aromatic nitrogens is 4. The van der Waals surface area contributed by atoms with E-state index in [-0.39, 0.29) is 11.6 Å². The zero-order valence-electron chi connectivity index (χ0n) is 11.4. The van der Waals surface area contributed by atoms with Crippen molar-refractivity contribution in [1.29, 1.82) is 0 Å². The fourth-order valence-corrected chi connectivity index (χ4v) is 2.07. The summed E-state index contributed by atoms with van der Waals surface area (Å²) in [6.07, 6.45) is 4.78. The van der Waals surface area contributed by atoms with Gasteiger partial charge in [-0.2, -0.15) is 0 Å². The highest BCUT2D eigenvalue weighted by atomic mass is 32.1. The molecule has 0 radical (unpaired) electrons. The lowest BCUT2D eigenvalue weighted by Gasteiger charge is -2.04. The first kappa shape index (κ1) is 14.3. The first-order valence-electron chi connectivity index (χ1n) is 6.42. The van der Waals surface area contributed by atoms with Crippen molar-refractivity contribution in [2.75, 3.05) is 17.2 Å². The summed E-state index contributed by atoms with van der Waals surface area (Å²) in [7, 11) is 0. The molecular formula is C12H16N6OS. The maximum atomic E-state index is 11.9. The van der Waals surface area contributed by atoms with Gasteiger partial charge in [-0.3, -0.25) is 10.1 Å². The average molecular weight is 292 g/mol. The number of rotatable bonds is 6. The number of carbonyl (C=O) groups excluding carboxylic acids is 1. The Balaban J connectivity index is 1.98. The Morgan fingerprint density at radius 1 is 1.25 bits per heavy atom. The SMILES string of the molecule is CCCNc1cnc(C(=O)Nc2nnc(CC)s2)cn1. The molecule has 0 aliphatic rings. The molecule has 0 saturated carbocycles. The summed E-state index contributed by atoms with van der Waals surface area (Å²) in [5.74, 6) is 0.325. The van der Waals surface area contributed by atoms with E-state index in [4.69, 9.17) is 0 Å². The van der Waals surface area contributed by atoms with Gasteiger partial charge >= 0.3 is 0 Å². The van der Waals surface area contributed by atoms with Gasteiger partial charge in [0.15, 0.2) is 0 Å². The second-order valence-electron chi connectivity index (χ2n) is 4.02. The quantitative estimate of drug-likeness (QED) is 0.845. The van der Waals surface area contributed by atoms with Crippen molar-refractivity contribution < 1.29 is 4.79 Å². The molecule has 0 aliphatic heterocycles. The van der Waals surface area contributed by atoms with Gasteiger partial charge in [0.1, 0.15) is 16.5 Å². The largest absolute Gasteiger partial charge is 0.369 e. The van der Waals surface area contributed by atoms with Gasteiger partial charge in [0.2, 0.25) is 5.13 Å². The van der Waals surface area contributed by atoms with Crippen LogP contribution in [0.15, 0.2) is 12.4 Å². The van der Waals surface area contributed by atoms with Gasteiger partial charge < -0.3 is 5.32 Å². The number of aryl methyl sites for hydroxylation is 1. The van der Waals surface area contributed by atoms with Crippen LogP contribution < -0.4 is 10.6 Å². The predicted octanol–water partition coefficient (Wildman–Crippen LogP) is 1.96. The zero-order chi connectivity index (χ0) is 14.4. The van der Waals surface area contributed by atoms with E-state index in [9.17, 15) is 4.79 Å². The fourth-order valence-electron chi connectivity index (χ4n) is 1.40. The molecule has 20 heavy (non-hydrogen) atoms. The molecule has 7 nitrogen and oxygen atoms in total. The molecule has 106 valence electrons. The summed E-state index contributed by atoms with van der Waals surface area (Å²) < 4.78 is 0. The molecule has 0 bridgehead atoms. The number of hydrogen-bond acceptors (Lipinski definition) is 7. The van der Waals surface area contributed by atoms with E-state index in [1.807, 2.05) is 6.92 Å². The normalized spacial score (nSPS) is 10.3. The standard InChI is InChI=1S/C12H16N6OS/c1-3-5-13-9-7-14-8(6-15-9)11(19)16-12-18-17-10(4-2)20-12/h6-7H,3-5H2,1-2H3,(H,13,15)(H,16,18,19). The van der Waals surface area contributed by atoms with Crippen molar-refractivity contribution in [2.24, 2.45) is 0 Å². The molecule has 2 aromatic rings. The molecular weight excluding hydrogens is 276 g/mol. The molecule has 0 aliphatic carbocycles. The van der Waals surface area contributed by atoms with E-state index in [0.717, 1.165) is 24.4 Å². The maximum absolute atomic E-state index is 11.9. The molecule has 8 heteroatoms. The van der Waals surface area contributed by atoms with E-state index >= 15 is 0 Å². The average Bonchev–Trinajstić information content (AvgIpc) is 2.93. The molecule has 0 unspecified atom stereocenters. The Labute approximate surface area is 120 Å². The molecule has 2 rings (SSSR count). The van der Waals surface area contributed by atoms with E-state index in [0.29, 0.717) is 10.9 Å². The number of amides is 1. The van der Waals surface area contributed by atoms with Gasteiger partial charge in [-0.05, 0) is 12.8 Å². The third-order valence-electron chi connectivity index (χ3n) is 2.43. The van der Waals surface area contributed by atoms with Crippen LogP contribution in [0.25, 0.3) is 0 Å². The first-order chi connectivity index (χ1) is 9.72. The number of nitrogens with one attached hydrogen (secondary N) is 2. The minimum atomic E-state index is -0.335. The third kappa shape index (κ3) is 3.70. The van der Waals surface area contributed by atoms with Crippen molar-refractivity contribution in [2.45, 2.75) is 26.7 Å². The Kier molecular flexibility index (Phi) is 4.94. The van der Waals surface area contributed by atoms with Crippen LogP contribution in [-0.4, -0.2) is 32.6 Å². The van der Waals surface area contributed by atoms with Crippen molar-refractivity contribution in [3.05, 3.63) is 23.1 Å². The highest BCUT2D eigenvalue weighted by Gasteiger charge is 2.11. The van der Waals surface area contributed by atoms with Gasteiger partial charge in [0.05, 0.1) is 12.4 Å². The minimum absolute atomic E-state index is 0.250. The van der Waals surface area contributed by atoms with Crippen molar-refractivity contribution >= 4 is 28.2 Å². The first-order valence-corrected chi connectivity index (χ1v) is 7.24. The molecule has 0 spiro atoms. The van der Waals surface area contributed by atoms with E-state index < -0.39 is 0 Å². The molecule has 1 amide bonds. The van der Waals surface area contributed by atoms with Gasteiger partial charge in [0, 0.05) is 6.54 Å². The van der Waals surface area contributed by atoms with Crippen LogP contribution in [0.3, 0.4) is 0 Å². The van der Waals surface area contributed by atoms with Crippen LogP contribution >= 0.6 is 11.3 Å². The maximum Gasteiger partial charge on any atom is 0.277 e.